The average molecular weight is 427 g/mol. The summed E-state index contributed by atoms with van der Waals surface area (Å²) in [6.07, 6.45) is 0. The van der Waals surface area contributed by atoms with Crippen molar-refractivity contribution in [2.75, 3.05) is 6.61 Å². The Kier molecular flexibility index (Phi) is 5.29. The number of hydrogen-bond acceptors (Lipinski definition) is 7. The van der Waals surface area contributed by atoms with Crippen molar-refractivity contribution in [3.63, 3.8) is 0 Å². The normalized spacial score (nSPS) is 11.0. The molecule has 7 nitrogen and oxygen atoms in total. The van der Waals surface area contributed by atoms with Crippen LogP contribution >= 0.6 is 11.6 Å². The molecule has 0 saturated heterocycles. The van der Waals surface area contributed by atoms with E-state index in [1.54, 1.807) is 37.3 Å². The Labute approximate surface area is 174 Å². The lowest BCUT2D eigenvalue weighted by Gasteiger charge is -2.09. The molecule has 2 aromatic carbocycles. The molecular formula is C22H15ClO7. The lowest BCUT2D eigenvalue weighted by molar-refractivity contribution is -0.147. The molecule has 0 aliphatic carbocycles. The third-order valence-corrected chi connectivity index (χ3v) is 4.86. The zero-order chi connectivity index (χ0) is 21.3. The second-order valence-electron chi connectivity index (χ2n) is 6.59. The summed E-state index contributed by atoms with van der Waals surface area (Å²) >= 11 is 6.16. The van der Waals surface area contributed by atoms with Crippen LogP contribution < -0.4 is 16.0 Å². The van der Waals surface area contributed by atoms with E-state index in [-0.39, 0.29) is 13.2 Å². The zero-order valence-electron chi connectivity index (χ0n) is 15.8. The molecule has 0 aliphatic heterocycles. The molecule has 4 aromatic rings. The Morgan fingerprint density at radius 3 is 2.57 bits per heavy atom. The van der Waals surface area contributed by atoms with Gasteiger partial charge in [0.15, 0.2) is 6.61 Å². The molecule has 0 bridgehead atoms. The summed E-state index contributed by atoms with van der Waals surface area (Å²) in [7, 11) is 0. The van der Waals surface area contributed by atoms with E-state index in [1.807, 2.05) is 0 Å². The molecule has 4 rings (SSSR count). The lowest BCUT2D eigenvalue weighted by atomic mass is 10.1. The molecule has 0 unspecified atom stereocenters. The molecule has 8 heteroatoms. The summed E-state index contributed by atoms with van der Waals surface area (Å²) in [6.45, 7) is 1.29. The Morgan fingerprint density at radius 2 is 1.73 bits per heavy atom. The van der Waals surface area contributed by atoms with Gasteiger partial charge in [0.1, 0.15) is 23.5 Å². The topological polar surface area (TPSA) is 96.0 Å². The number of aryl methyl sites for hydroxylation is 1. The first-order chi connectivity index (χ1) is 14.4. The number of halogens is 1. The average Bonchev–Trinajstić information content (AvgIpc) is 2.71. The van der Waals surface area contributed by atoms with E-state index in [2.05, 4.69) is 0 Å². The number of ether oxygens (including phenoxy) is 2. The van der Waals surface area contributed by atoms with Crippen LogP contribution in [0.4, 0.5) is 0 Å². The standard InChI is InChI=1S/C22H15ClO7/c1-12-6-19-16(9-17(12)23)14(7-21(25)30-19)10-28-22(26)11-27-15-4-2-13-3-5-20(24)29-18(13)8-15/h2-9H,10-11H2,1H3. The van der Waals surface area contributed by atoms with Gasteiger partial charge in [-0.15, -0.1) is 0 Å². The van der Waals surface area contributed by atoms with E-state index in [9.17, 15) is 14.4 Å². The molecule has 2 heterocycles. The van der Waals surface area contributed by atoms with Gasteiger partial charge in [0.05, 0.1) is 0 Å². The first kappa shape index (κ1) is 19.7. The van der Waals surface area contributed by atoms with Gasteiger partial charge in [-0.3, -0.25) is 0 Å². The molecule has 152 valence electrons. The third kappa shape index (κ3) is 4.21. The summed E-state index contributed by atoms with van der Waals surface area (Å²) in [6, 6.07) is 12.4. The van der Waals surface area contributed by atoms with Gasteiger partial charge in [-0.2, -0.15) is 0 Å². The van der Waals surface area contributed by atoms with Gasteiger partial charge in [0.2, 0.25) is 0 Å². The first-order valence-corrected chi connectivity index (χ1v) is 9.32. The highest BCUT2D eigenvalue weighted by Gasteiger charge is 2.12. The van der Waals surface area contributed by atoms with E-state index >= 15 is 0 Å². The second-order valence-corrected chi connectivity index (χ2v) is 7.00. The molecule has 0 N–H and O–H groups in total. The predicted molar refractivity (Wildman–Crippen MR) is 110 cm³/mol. The quantitative estimate of drug-likeness (QED) is 0.351. The van der Waals surface area contributed by atoms with Gasteiger partial charge in [0, 0.05) is 39.6 Å². The molecule has 0 aliphatic rings. The highest BCUT2D eigenvalue weighted by Crippen LogP contribution is 2.25. The van der Waals surface area contributed by atoms with Crippen LogP contribution in [0.5, 0.6) is 5.75 Å². The van der Waals surface area contributed by atoms with Crippen LogP contribution in [-0.2, 0) is 16.1 Å². The van der Waals surface area contributed by atoms with Gasteiger partial charge in [-0.25, -0.2) is 14.4 Å². The van der Waals surface area contributed by atoms with Gasteiger partial charge in [-0.05, 0) is 42.8 Å². The fourth-order valence-electron chi connectivity index (χ4n) is 2.94. The van der Waals surface area contributed by atoms with E-state index in [0.29, 0.717) is 32.9 Å². The fraction of sp³-hybridized carbons (Fsp3) is 0.136. The van der Waals surface area contributed by atoms with E-state index in [1.165, 1.54) is 18.2 Å². The number of benzene rings is 2. The molecular weight excluding hydrogens is 412 g/mol. The van der Waals surface area contributed by atoms with E-state index in [4.69, 9.17) is 29.9 Å². The predicted octanol–water partition coefficient (Wildman–Crippen LogP) is 3.98. The molecule has 0 spiro atoms. The monoisotopic (exact) mass is 426 g/mol. The number of hydrogen-bond donors (Lipinski definition) is 0. The summed E-state index contributed by atoms with van der Waals surface area (Å²) < 4.78 is 20.9. The van der Waals surface area contributed by atoms with Crippen LogP contribution in [0, 0.1) is 6.92 Å². The molecule has 0 radical (unpaired) electrons. The maximum atomic E-state index is 12.1. The Balaban J connectivity index is 1.45. The minimum absolute atomic E-state index is 0.143. The summed E-state index contributed by atoms with van der Waals surface area (Å²) in [5, 5.41) is 1.83. The molecule has 0 fully saturated rings. The van der Waals surface area contributed by atoms with E-state index < -0.39 is 17.2 Å². The van der Waals surface area contributed by atoms with Crippen LogP contribution in [0.15, 0.2) is 67.0 Å². The van der Waals surface area contributed by atoms with Crippen molar-refractivity contribution in [3.05, 3.63) is 85.5 Å². The second kappa shape index (κ2) is 8.04. The number of carbonyl (C=O) groups is 1. The maximum Gasteiger partial charge on any atom is 0.344 e. The lowest BCUT2D eigenvalue weighted by Crippen LogP contribution is -2.15. The maximum absolute atomic E-state index is 12.1. The van der Waals surface area contributed by atoms with Crippen molar-refractivity contribution in [1.29, 1.82) is 0 Å². The number of fused-ring (bicyclic) bond motifs is 2. The Bertz CT molecular complexity index is 1380. The summed E-state index contributed by atoms with van der Waals surface area (Å²) in [5.41, 5.74) is 0.926. The fourth-order valence-corrected chi connectivity index (χ4v) is 3.10. The molecule has 0 atom stereocenters. The van der Waals surface area contributed by atoms with Crippen LogP contribution in [0.3, 0.4) is 0 Å². The smallest absolute Gasteiger partial charge is 0.344 e. The van der Waals surface area contributed by atoms with Crippen molar-refractivity contribution >= 4 is 39.5 Å². The molecule has 30 heavy (non-hydrogen) atoms. The van der Waals surface area contributed by atoms with Crippen LogP contribution in [0.25, 0.3) is 21.9 Å². The minimum Gasteiger partial charge on any atom is -0.482 e. The highest BCUT2D eigenvalue weighted by molar-refractivity contribution is 6.32. The Hall–Kier alpha value is -3.58. The van der Waals surface area contributed by atoms with Crippen molar-refractivity contribution in [3.8, 4) is 5.75 Å². The third-order valence-electron chi connectivity index (χ3n) is 4.45. The SMILES string of the molecule is Cc1cc2oc(=O)cc(COC(=O)COc3ccc4ccc(=O)oc4c3)c2cc1Cl. The van der Waals surface area contributed by atoms with Gasteiger partial charge >= 0.3 is 17.2 Å². The van der Waals surface area contributed by atoms with Crippen LogP contribution in [0.2, 0.25) is 5.02 Å². The molecule has 0 amide bonds. The van der Waals surface area contributed by atoms with Gasteiger partial charge in [0.25, 0.3) is 0 Å². The molecule has 0 saturated carbocycles. The van der Waals surface area contributed by atoms with Gasteiger partial charge < -0.3 is 18.3 Å². The van der Waals surface area contributed by atoms with Crippen molar-refractivity contribution in [2.24, 2.45) is 0 Å². The largest absolute Gasteiger partial charge is 0.482 e. The van der Waals surface area contributed by atoms with Crippen LogP contribution in [-0.4, -0.2) is 12.6 Å². The summed E-state index contributed by atoms with van der Waals surface area (Å²) in [5.74, 6) is -0.286. The van der Waals surface area contributed by atoms with E-state index in [0.717, 1.165) is 10.9 Å². The zero-order valence-corrected chi connectivity index (χ0v) is 16.5. The minimum atomic E-state index is -0.635. The van der Waals surface area contributed by atoms with Crippen molar-refractivity contribution in [2.45, 2.75) is 13.5 Å². The number of rotatable bonds is 5. The van der Waals surface area contributed by atoms with Crippen LogP contribution in [0.1, 0.15) is 11.1 Å². The van der Waals surface area contributed by atoms with Crippen molar-refractivity contribution in [1.82, 2.24) is 0 Å². The van der Waals surface area contributed by atoms with Crippen molar-refractivity contribution < 1.29 is 23.1 Å². The van der Waals surface area contributed by atoms with Gasteiger partial charge in [-0.1, -0.05) is 11.6 Å². The Morgan fingerprint density at radius 1 is 0.967 bits per heavy atom. The highest BCUT2D eigenvalue weighted by atomic mass is 35.5. The number of esters is 1. The number of carbonyl (C=O) groups excluding carboxylic acids is 1. The summed E-state index contributed by atoms with van der Waals surface area (Å²) in [4.78, 5) is 35.2. The first-order valence-electron chi connectivity index (χ1n) is 8.94. The molecule has 2 aromatic heterocycles.